The highest BCUT2D eigenvalue weighted by Crippen LogP contribution is 2.35. The molecule has 4 rings (SSSR count). The van der Waals surface area contributed by atoms with Crippen molar-refractivity contribution in [3.05, 3.63) is 64.7 Å². The molecule has 7 heteroatoms. The van der Waals surface area contributed by atoms with Crippen LogP contribution < -0.4 is 5.56 Å². The Balaban J connectivity index is 1.59. The third-order valence-corrected chi connectivity index (χ3v) is 7.31. The molecular formula is C26H29FN2O3S. The first kappa shape index (κ1) is 23.5. The Labute approximate surface area is 197 Å². The predicted octanol–water partition coefficient (Wildman–Crippen LogP) is 5.62. The average Bonchev–Trinajstić information content (AvgIpc) is 2.78. The largest absolute Gasteiger partial charge is 0.461 e. The zero-order valence-electron chi connectivity index (χ0n) is 19.2. The molecule has 1 aromatic heterocycles. The summed E-state index contributed by atoms with van der Waals surface area (Å²) in [6, 6.07) is 12.7. The smallest absolute Gasteiger partial charge is 0.316 e. The Kier molecular flexibility index (Phi) is 7.17. The first-order valence-corrected chi connectivity index (χ1v) is 12.4. The van der Waals surface area contributed by atoms with Crippen molar-refractivity contribution in [3.63, 3.8) is 0 Å². The van der Waals surface area contributed by atoms with Gasteiger partial charge in [0.2, 0.25) is 0 Å². The highest BCUT2D eigenvalue weighted by molar-refractivity contribution is 7.99. The number of aromatic nitrogens is 2. The summed E-state index contributed by atoms with van der Waals surface area (Å²) in [7, 11) is 0. The maximum absolute atomic E-state index is 13.5. The number of nitrogens with zero attached hydrogens (tertiary/aromatic N) is 2. The molecule has 0 N–H and O–H groups in total. The quantitative estimate of drug-likeness (QED) is 0.267. The molecule has 0 aliphatic heterocycles. The van der Waals surface area contributed by atoms with Gasteiger partial charge in [-0.05, 0) is 67.0 Å². The van der Waals surface area contributed by atoms with Crippen LogP contribution in [0.1, 0.15) is 40.0 Å². The van der Waals surface area contributed by atoms with Gasteiger partial charge in [-0.1, -0.05) is 51.1 Å². The van der Waals surface area contributed by atoms with E-state index in [9.17, 15) is 14.0 Å². The molecule has 3 unspecified atom stereocenters. The van der Waals surface area contributed by atoms with E-state index in [0.717, 1.165) is 19.3 Å². The third-order valence-electron chi connectivity index (χ3n) is 6.39. The van der Waals surface area contributed by atoms with Crippen LogP contribution in [0.15, 0.2) is 58.5 Å². The van der Waals surface area contributed by atoms with E-state index < -0.39 is 0 Å². The number of halogens is 1. The lowest BCUT2D eigenvalue weighted by molar-refractivity contribution is -0.152. The summed E-state index contributed by atoms with van der Waals surface area (Å²) in [4.78, 5) is 30.7. The molecule has 0 bridgehead atoms. The van der Waals surface area contributed by atoms with E-state index in [-0.39, 0.29) is 29.2 Å². The molecule has 5 nitrogen and oxygen atoms in total. The van der Waals surface area contributed by atoms with Crippen LogP contribution in [0.25, 0.3) is 16.6 Å². The van der Waals surface area contributed by atoms with Crippen molar-refractivity contribution in [2.75, 3.05) is 5.75 Å². The topological polar surface area (TPSA) is 61.2 Å². The number of rotatable bonds is 6. The molecule has 1 aliphatic carbocycles. The Morgan fingerprint density at radius 1 is 1.18 bits per heavy atom. The minimum absolute atomic E-state index is 0.0433. The number of benzene rings is 2. The van der Waals surface area contributed by atoms with Gasteiger partial charge >= 0.3 is 5.97 Å². The fourth-order valence-corrected chi connectivity index (χ4v) is 5.40. The van der Waals surface area contributed by atoms with E-state index in [1.807, 2.05) is 6.07 Å². The van der Waals surface area contributed by atoms with Gasteiger partial charge in [0.1, 0.15) is 11.9 Å². The van der Waals surface area contributed by atoms with Gasteiger partial charge in [-0.3, -0.25) is 14.2 Å². The van der Waals surface area contributed by atoms with Gasteiger partial charge in [-0.25, -0.2) is 9.37 Å². The molecule has 0 spiro atoms. The molecular weight excluding hydrogens is 439 g/mol. The Morgan fingerprint density at radius 2 is 1.91 bits per heavy atom. The van der Waals surface area contributed by atoms with Crippen LogP contribution in [0, 0.1) is 23.6 Å². The zero-order chi connectivity index (χ0) is 23.5. The van der Waals surface area contributed by atoms with Crippen LogP contribution >= 0.6 is 11.8 Å². The number of carbonyl (C=O) groups is 1. The molecule has 33 heavy (non-hydrogen) atoms. The first-order chi connectivity index (χ1) is 15.8. The third kappa shape index (κ3) is 5.29. The van der Waals surface area contributed by atoms with Crippen molar-refractivity contribution in [1.29, 1.82) is 0 Å². The SMILES string of the molecule is CC1CCC(C(C)C)C(OC(=O)CSc2nc3ccccc3c(=O)n2-c2ccc(F)cc2)C1. The normalized spacial score (nSPS) is 20.8. The molecule has 0 radical (unpaired) electrons. The number of para-hydroxylation sites is 1. The summed E-state index contributed by atoms with van der Waals surface area (Å²) in [6.07, 6.45) is 3.04. The second kappa shape index (κ2) is 10.1. The summed E-state index contributed by atoms with van der Waals surface area (Å²) in [5.74, 6) is 0.704. The van der Waals surface area contributed by atoms with Crippen LogP contribution in [0.3, 0.4) is 0 Å². The summed E-state index contributed by atoms with van der Waals surface area (Å²) in [6.45, 7) is 6.56. The maximum Gasteiger partial charge on any atom is 0.316 e. The second-order valence-electron chi connectivity index (χ2n) is 9.17. The molecule has 1 aliphatic rings. The van der Waals surface area contributed by atoms with Crippen LogP contribution in [0.4, 0.5) is 4.39 Å². The van der Waals surface area contributed by atoms with Gasteiger partial charge < -0.3 is 4.74 Å². The van der Waals surface area contributed by atoms with E-state index in [2.05, 4.69) is 25.8 Å². The van der Waals surface area contributed by atoms with Gasteiger partial charge in [0.05, 0.1) is 22.3 Å². The first-order valence-electron chi connectivity index (χ1n) is 11.4. The lowest BCUT2D eigenvalue weighted by atomic mass is 9.75. The number of thioether (sulfide) groups is 1. The van der Waals surface area contributed by atoms with E-state index in [1.54, 1.807) is 18.2 Å². The van der Waals surface area contributed by atoms with Gasteiger partial charge in [0.25, 0.3) is 5.56 Å². The van der Waals surface area contributed by atoms with Crippen LogP contribution in [0.5, 0.6) is 0 Å². The molecule has 174 valence electrons. The van der Waals surface area contributed by atoms with Gasteiger partial charge in [0.15, 0.2) is 5.16 Å². The number of carbonyl (C=O) groups excluding carboxylic acids is 1. The summed E-state index contributed by atoms with van der Waals surface area (Å²) in [5.41, 5.74) is 0.790. The monoisotopic (exact) mass is 468 g/mol. The van der Waals surface area contributed by atoms with Crippen molar-refractivity contribution in [1.82, 2.24) is 9.55 Å². The molecule has 1 fully saturated rings. The van der Waals surface area contributed by atoms with E-state index in [4.69, 9.17) is 4.74 Å². The molecule has 2 aromatic carbocycles. The van der Waals surface area contributed by atoms with Crippen LogP contribution in [0.2, 0.25) is 0 Å². The van der Waals surface area contributed by atoms with Crippen molar-refractivity contribution in [2.24, 2.45) is 17.8 Å². The summed E-state index contributed by atoms with van der Waals surface area (Å²) in [5, 5.41) is 0.837. The van der Waals surface area contributed by atoms with Crippen LogP contribution in [-0.4, -0.2) is 27.4 Å². The average molecular weight is 469 g/mol. The number of hydrogen-bond acceptors (Lipinski definition) is 5. The zero-order valence-corrected chi connectivity index (χ0v) is 20.0. The van der Waals surface area contributed by atoms with Gasteiger partial charge in [-0.15, -0.1) is 0 Å². The molecule has 3 aromatic rings. The molecule has 0 saturated heterocycles. The van der Waals surface area contributed by atoms with Gasteiger partial charge in [-0.2, -0.15) is 0 Å². The van der Waals surface area contributed by atoms with Crippen molar-refractivity contribution in [3.8, 4) is 5.69 Å². The Hall–Kier alpha value is -2.67. The van der Waals surface area contributed by atoms with Crippen LogP contribution in [-0.2, 0) is 9.53 Å². The van der Waals surface area contributed by atoms with E-state index in [1.165, 1.54) is 40.6 Å². The Morgan fingerprint density at radius 3 is 2.64 bits per heavy atom. The molecule has 1 saturated carbocycles. The molecule has 3 atom stereocenters. The standard InChI is InChI=1S/C26H29FN2O3S/c1-16(2)20-13-8-17(3)14-23(20)32-24(30)15-33-26-28-22-7-5-4-6-21(22)25(31)29(26)19-11-9-18(27)10-12-19/h4-7,9-12,16-17,20,23H,8,13-15H2,1-3H3. The number of hydrogen-bond donors (Lipinski definition) is 0. The molecule has 1 heterocycles. The predicted molar refractivity (Wildman–Crippen MR) is 129 cm³/mol. The molecule has 0 amide bonds. The van der Waals surface area contributed by atoms with Gasteiger partial charge in [0, 0.05) is 0 Å². The van der Waals surface area contributed by atoms with E-state index >= 15 is 0 Å². The highest BCUT2D eigenvalue weighted by atomic mass is 32.2. The van der Waals surface area contributed by atoms with Crippen molar-refractivity contribution < 1.29 is 13.9 Å². The summed E-state index contributed by atoms with van der Waals surface area (Å²) >= 11 is 1.17. The number of esters is 1. The second-order valence-corrected chi connectivity index (χ2v) is 10.1. The minimum Gasteiger partial charge on any atom is -0.461 e. The fraction of sp³-hybridized carbons (Fsp3) is 0.423. The minimum atomic E-state index is -0.389. The highest BCUT2D eigenvalue weighted by Gasteiger charge is 2.33. The number of fused-ring (bicyclic) bond motifs is 1. The lowest BCUT2D eigenvalue weighted by Gasteiger charge is -2.36. The van der Waals surface area contributed by atoms with Crippen molar-refractivity contribution in [2.45, 2.75) is 51.3 Å². The maximum atomic E-state index is 13.5. The lowest BCUT2D eigenvalue weighted by Crippen LogP contribution is -2.36. The fourth-order valence-electron chi connectivity index (χ4n) is 4.60. The van der Waals surface area contributed by atoms with E-state index in [0.29, 0.717) is 39.5 Å². The van der Waals surface area contributed by atoms with Crippen molar-refractivity contribution >= 4 is 28.6 Å². The Bertz CT molecular complexity index is 1190. The summed E-state index contributed by atoms with van der Waals surface area (Å²) < 4.78 is 20.8. The number of ether oxygens (including phenoxy) is 1.